The zero-order valence-corrected chi connectivity index (χ0v) is 10.7. The molecule has 1 aromatic carbocycles. The van der Waals surface area contributed by atoms with Gasteiger partial charge in [-0.1, -0.05) is 15.9 Å². The summed E-state index contributed by atoms with van der Waals surface area (Å²) in [5.74, 6) is 0.316. The van der Waals surface area contributed by atoms with E-state index in [-0.39, 0.29) is 5.82 Å². The summed E-state index contributed by atoms with van der Waals surface area (Å²) in [5, 5.41) is 0. The minimum absolute atomic E-state index is 0.273. The van der Waals surface area contributed by atoms with Crippen molar-refractivity contribution < 1.29 is 9.13 Å². The number of ether oxygens (including phenoxy) is 1. The Morgan fingerprint density at radius 3 is 2.69 bits per heavy atom. The molecule has 0 saturated carbocycles. The summed E-state index contributed by atoms with van der Waals surface area (Å²) >= 11 is 3.24. The maximum Gasteiger partial charge on any atom is 0.128 e. The van der Waals surface area contributed by atoms with E-state index in [0.717, 1.165) is 19.6 Å². The van der Waals surface area contributed by atoms with Crippen molar-refractivity contribution in [1.29, 1.82) is 0 Å². The molecule has 0 unspecified atom stereocenters. The summed E-state index contributed by atoms with van der Waals surface area (Å²) in [5.41, 5.74) is 0. The Morgan fingerprint density at radius 1 is 1.25 bits per heavy atom. The molecule has 1 aliphatic rings. The van der Waals surface area contributed by atoms with Gasteiger partial charge >= 0.3 is 0 Å². The number of hydrogen-bond donors (Lipinski definition) is 0. The molecular weight excluding hydrogens is 273 g/mol. The van der Waals surface area contributed by atoms with E-state index in [0.29, 0.717) is 16.8 Å². The number of likely N-dealkylation sites (tertiary alicyclic amines) is 1. The van der Waals surface area contributed by atoms with Crippen LogP contribution in [0, 0.1) is 5.82 Å². The molecule has 0 bridgehead atoms. The van der Waals surface area contributed by atoms with E-state index in [1.165, 1.54) is 25.0 Å². The van der Waals surface area contributed by atoms with Crippen molar-refractivity contribution in [3.63, 3.8) is 0 Å². The molecule has 1 fully saturated rings. The fraction of sp³-hybridized carbons (Fsp3) is 0.500. The first-order valence-corrected chi connectivity index (χ1v) is 6.34. The second-order valence-corrected chi connectivity index (χ2v) is 4.92. The van der Waals surface area contributed by atoms with Gasteiger partial charge in [0.1, 0.15) is 18.2 Å². The lowest BCUT2D eigenvalue weighted by Gasteiger charge is -2.14. The SMILES string of the molecule is Fc1cc(Br)cc(OCCN2CCCC2)c1. The van der Waals surface area contributed by atoms with Gasteiger partial charge in [-0.15, -0.1) is 0 Å². The molecule has 0 aromatic heterocycles. The number of halogens is 2. The monoisotopic (exact) mass is 287 g/mol. The predicted molar refractivity (Wildman–Crippen MR) is 65.3 cm³/mol. The van der Waals surface area contributed by atoms with Crippen LogP contribution in [0.2, 0.25) is 0 Å². The van der Waals surface area contributed by atoms with E-state index in [9.17, 15) is 4.39 Å². The first-order chi connectivity index (χ1) is 7.74. The molecule has 16 heavy (non-hydrogen) atoms. The lowest BCUT2D eigenvalue weighted by molar-refractivity contribution is 0.237. The number of hydrogen-bond acceptors (Lipinski definition) is 2. The van der Waals surface area contributed by atoms with E-state index >= 15 is 0 Å². The molecule has 1 saturated heterocycles. The summed E-state index contributed by atoms with van der Waals surface area (Å²) in [6.07, 6.45) is 2.57. The smallest absolute Gasteiger partial charge is 0.128 e. The van der Waals surface area contributed by atoms with Crippen LogP contribution in [0.25, 0.3) is 0 Å². The maximum absolute atomic E-state index is 13.0. The Labute approximate surface area is 104 Å². The summed E-state index contributed by atoms with van der Waals surface area (Å²) < 4.78 is 19.3. The van der Waals surface area contributed by atoms with Crippen LogP contribution in [0.5, 0.6) is 5.75 Å². The van der Waals surface area contributed by atoms with Crippen molar-refractivity contribution in [3.8, 4) is 5.75 Å². The Balaban J connectivity index is 1.80. The summed E-state index contributed by atoms with van der Waals surface area (Å²) in [6.45, 7) is 3.87. The molecular formula is C12H15BrFNO. The zero-order valence-electron chi connectivity index (χ0n) is 9.09. The van der Waals surface area contributed by atoms with Crippen LogP contribution in [0.3, 0.4) is 0 Å². The summed E-state index contributed by atoms with van der Waals surface area (Å²) in [6, 6.07) is 4.62. The maximum atomic E-state index is 13.0. The highest BCUT2D eigenvalue weighted by atomic mass is 79.9. The van der Waals surface area contributed by atoms with Crippen LogP contribution >= 0.6 is 15.9 Å². The van der Waals surface area contributed by atoms with Crippen molar-refractivity contribution in [3.05, 3.63) is 28.5 Å². The molecule has 88 valence electrons. The largest absolute Gasteiger partial charge is 0.492 e. The zero-order chi connectivity index (χ0) is 11.4. The molecule has 0 N–H and O–H groups in total. The van der Waals surface area contributed by atoms with Crippen molar-refractivity contribution in [1.82, 2.24) is 4.90 Å². The predicted octanol–water partition coefficient (Wildman–Crippen LogP) is 3.06. The van der Waals surface area contributed by atoms with Gasteiger partial charge in [-0.25, -0.2) is 4.39 Å². The van der Waals surface area contributed by atoms with Crippen LogP contribution in [0.4, 0.5) is 4.39 Å². The molecule has 0 atom stereocenters. The third-order valence-electron chi connectivity index (χ3n) is 2.71. The van der Waals surface area contributed by atoms with Gasteiger partial charge in [0.05, 0.1) is 0 Å². The van der Waals surface area contributed by atoms with Gasteiger partial charge in [-0.3, -0.25) is 4.90 Å². The minimum atomic E-state index is -0.273. The normalized spacial score (nSPS) is 16.6. The molecule has 0 amide bonds. The fourth-order valence-corrected chi connectivity index (χ4v) is 2.36. The second kappa shape index (κ2) is 5.64. The molecule has 0 aliphatic carbocycles. The van der Waals surface area contributed by atoms with Gasteiger partial charge < -0.3 is 4.74 Å². The number of rotatable bonds is 4. The van der Waals surface area contributed by atoms with Gasteiger partial charge in [0, 0.05) is 17.1 Å². The van der Waals surface area contributed by atoms with Crippen LogP contribution in [-0.4, -0.2) is 31.1 Å². The van der Waals surface area contributed by atoms with E-state index < -0.39 is 0 Å². The minimum Gasteiger partial charge on any atom is -0.492 e. The molecule has 4 heteroatoms. The van der Waals surface area contributed by atoms with Gasteiger partial charge in [0.2, 0.25) is 0 Å². The lowest BCUT2D eigenvalue weighted by Crippen LogP contribution is -2.25. The van der Waals surface area contributed by atoms with Crippen molar-refractivity contribution in [2.24, 2.45) is 0 Å². The standard InChI is InChI=1S/C12H15BrFNO/c13-10-7-11(14)9-12(8-10)16-6-5-15-3-1-2-4-15/h7-9H,1-6H2. The molecule has 1 aliphatic heterocycles. The Hall–Kier alpha value is -0.610. The van der Waals surface area contributed by atoms with E-state index in [4.69, 9.17) is 4.74 Å². The molecule has 2 nitrogen and oxygen atoms in total. The van der Waals surface area contributed by atoms with E-state index in [1.807, 2.05) is 0 Å². The number of nitrogens with zero attached hydrogens (tertiary/aromatic N) is 1. The summed E-state index contributed by atoms with van der Waals surface area (Å²) in [7, 11) is 0. The van der Waals surface area contributed by atoms with Gasteiger partial charge in [-0.05, 0) is 38.1 Å². The Kier molecular flexibility index (Phi) is 4.18. The molecule has 1 aromatic rings. The third-order valence-corrected chi connectivity index (χ3v) is 3.17. The van der Waals surface area contributed by atoms with Crippen molar-refractivity contribution in [2.75, 3.05) is 26.2 Å². The molecule has 2 rings (SSSR count). The van der Waals surface area contributed by atoms with Crippen molar-refractivity contribution in [2.45, 2.75) is 12.8 Å². The highest BCUT2D eigenvalue weighted by molar-refractivity contribution is 9.10. The Bertz CT molecular complexity index is 333. The molecule has 0 radical (unpaired) electrons. The van der Waals surface area contributed by atoms with E-state index in [1.54, 1.807) is 6.07 Å². The van der Waals surface area contributed by atoms with Crippen LogP contribution in [0.15, 0.2) is 22.7 Å². The first-order valence-electron chi connectivity index (χ1n) is 5.55. The highest BCUT2D eigenvalue weighted by Gasteiger charge is 2.10. The lowest BCUT2D eigenvalue weighted by atomic mass is 10.3. The fourth-order valence-electron chi connectivity index (χ4n) is 1.91. The first kappa shape index (κ1) is 11.9. The quantitative estimate of drug-likeness (QED) is 0.844. The van der Waals surface area contributed by atoms with Crippen LogP contribution < -0.4 is 4.74 Å². The van der Waals surface area contributed by atoms with Crippen molar-refractivity contribution >= 4 is 15.9 Å². The summed E-state index contributed by atoms with van der Waals surface area (Å²) in [4.78, 5) is 2.37. The average molecular weight is 288 g/mol. The third kappa shape index (κ3) is 3.46. The number of benzene rings is 1. The topological polar surface area (TPSA) is 12.5 Å². The highest BCUT2D eigenvalue weighted by Crippen LogP contribution is 2.20. The van der Waals surface area contributed by atoms with Crippen LogP contribution in [-0.2, 0) is 0 Å². The molecule has 0 spiro atoms. The van der Waals surface area contributed by atoms with E-state index in [2.05, 4.69) is 20.8 Å². The Morgan fingerprint density at radius 2 is 2.00 bits per heavy atom. The second-order valence-electron chi connectivity index (χ2n) is 4.00. The van der Waals surface area contributed by atoms with Gasteiger partial charge in [-0.2, -0.15) is 0 Å². The average Bonchev–Trinajstić information content (AvgIpc) is 2.69. The van der Waals surface area contributed by atoms with Gasteiger partial charge in [0.15, 0.2) is 0 Å². The van der Waals surface area contributed by atoms with Crippen LogP contribution in [0.1, 0.15) is 12.8 Å². The van der Waals surface area contributed by atoms with Gasteiger partial charge in [0.25, 0.3) is 0 Å². The molecule has 1 heterocycles.